The average Bonchev–Trinajstić information content (AvgIpc) is 3.21. The molecular formula is C22H30N4O5. The molecule has 3 aliphatic heterocycles. The molecule has 3 aliphatic rings. The van der Waals surface area contributed by atoms with Crippen molar-refractivity contribution >= 4 is 29.3 Å². The molecule has 0 unspecified atom stereocenters. The summed E-state index contributed by atoms with van der Waals surface area (Å²) < 4.78 is 4.67. The molecule has 3 N–H and O–H groups in total. The van der Waals surface area contributed by atoms with Crippen LogP contribution in [-0.2, 0) is 20.7 Å². The summed E-state index contributed by atoms with van der Waals surface area (Å²) in [5.41, 5.74) is 2.50. The lowest BCUT2D eigenvalue weighted by Crippen LogP contribution is -2.57. The quantitative estimate of drug-likeness (QED) is 0.348. The molecule has 2 aromatic rings. The molecule has 9 nitrogen and oxygen atoms in total. The molecule has 3 fully saturated rings. The number of fused-ring (bicyclic) bond motifs is 4. The summed E-state index contributed by atoms with van der Waals surface area (Å²) in [6, 6.07) is 6.29. The summed E-state index contributed by atoms with van der Waals surface area (Å²) in [5, 5.41) is 18.2. The summed E-state index contributed by atoms with van der Waals surface area (Å²) >= 11 is 0. The molecule has 1 aromatic carbocycles. The second-order valence-corrected chi connectivity index (χ2v) is 8.06. The zero-order valence-electron chi connectivity index (χ0n) is 17.8. The minimum Gasteiger partial charge on any atom is -0.483 e. The number of carbonyl (C=O) groups is 3. The number of aryl methyl sites for hydroxylation is 1. The lowest BCUT2D eigenvalue weighted by Gasteiger charge is -2.44. The van der Waals surface area contributed by atoms with E-state index in [2.05, 4.69) is 25.2 Å². The van der Waals surface area contributed by atoms with Crippen LogP contribution in [0.25, 0.3) is 10.9 Å². The molecule has 1 atom stereocenters. The zero-order chi connectivity index (χ0) is 22.2. The predicted octanol–water partition coefficient (Wildman–Crippen LogP) is 1.97. The van der Waals surface area contributed by atoms with Crippen molar-refractivity contribution in [3.8, 4) is 0 Å². The first-order valence-corrected chi connectivity index (χ1v) is 10.7. The minimum absolute atomic E-state index is 0.0900. The van der Waals surface area contributed by atoms with Gasteiger partial charge in [-0.15, -0.1) is 0 Å². The standard InChI is InChI=1S/C21H28N4O3.CH2O2/c1-28-19(26)5-3-2-4-14-6-7-17-16(12-14)20(24-23-17)21(27)22-18-13-25-10-8-15(18)9-11-25;2-1-3/h6-7,12,15,18H,2-5,8-11,13H2,1H3,(H,22,27)(H,23,24);1H,(H,2,3)/t18-;/m1./s1. The zero-order valence-corrected chi connectivity index (χ0v) is 17.8. The van der Waals surface area contributed by atoms with E-state index in [-0.39, 0.29) is 24.4 Å². The maximum Gasteiger partial charge on any atom is 0.305 e. The Balaban J connectivity index is 0.000000858. The van der Waals surface area contributed by atoms with Crippen LogP contribution < -0.4 is 5.32 Å². The van der Waals surface area contributed by atoms with E-state index in [9.17, 15) is 9.59 Å². The van der Waals surface area contributed by atoms with E-state index in [1.54, 1.807) is 0 Å². The molecular weight excluding hydrogens is 400 g/mol. The van der Waals surface area contributed by atoms with E-state index in [0.717, 1.165) is 55.4 Å². The molecule has 168 valence electrons. The second-order valence-electron chi connectivity index (χ2n) is 8.06. The number of aromatic nitrogens is 2. The van der Waals surface area contributed by atoms with Gasteiger partial charge in [0.1, 0.15) is 0 Å². The number of unbranched alkanes of at least 4 members (excludes halogenated alkanes) is 1. The van der Waals surface area contributed by atoms with Gasteiger partial charge in [-0.1, -0.05) is 6.07 Å². The van der Waals surface area contributed by atoms with Gasteiger partial charge >= 0.3 is 5.97 Å². The Bertz CT molecular complexity index is 904. The number of nitrogens with zero attached hydrogens (tertiary/aromatic N) is 2. The highest BCUT2D eigenvalue weighted by atomic mass is 16.5. The van der Waals surface area contributed by atoms with Crippen LogP contribution in [0, 0.1) is 5.92 Å². The molecule has 5 rings (SSSR count). The number of carbonyl (C=O) groups excluding carboxylic acids is 2. The summed E-state index contributed by atoms with van der Waals surface area (Å²) in [7, 11) is 1.41. The number of methoxy groups -OCH3 is 1. The van der Waals surface area contributed by atoms with E-state index in [0.29, 0.717) is 18.0 Å². The Morgan fingerprint density at radius 3 is 2.71 bits per heavy atom. The van der Waals surface area contributed by atoms with Gasteiger partial charge in [-0.05, 0) is 68.8 Å². The summed E-state index contributed by atoms with van der Waals surface area (Å²) in [5.74, 6) is 0.328. The summed E-state index contributed by atoms with van der Waals surface area (Å²) in [4.78, 5) is 34.9. The van der Waals surface area contributed by atoms with E-state index in [4.69, 9.17) is 9.90 Å². The van der Waals surface area contributed by atoms with E-state index in [1.807, 2.05) is 18.2 Å². The molecule has 0 aliphatic carbocycles. The highest BCUT2D eigenvalue weighted by Gasteiger charge is 2.35. The van der Waals surface area contributed by atoms with Crippen LogP contribution >= 0.6 is 0 Å². The van der Waals surface area contributed by atoms with Crippen LogP contribution in [0.3, 0.4) is 0 Å². The maximum absolute atomic E-state index is 12.9. The second kappa shape index (κ2) is 10.9. The SMILES string of the molecule is COC(=O)CCCCc1ccc2[nH]nc(C(=O)N[C@@H]3CN4CCC3CC4)c2c1.O=CO. The van der Waals surface area contributed by atoms with Gasteiger partial charge in [0, 0.05) is 24.4 Å². The number of piperidine rings is 3. The Labute approximate surface area is 181 Å². The largest absolute Gasteiger partial charge is 0.483 e. The maximum atomic E-state index is 12.9. The Kier molecular flexibility index (Phi) is 8.00. The fourth-order valence-corrected chi connectivity index (χ4v) is 4.46. The molecule has 1 aromatic heterocycles. The first kappa shape index (κ1) is 22.7. The lowest BCUT2D eigenvalue weighted by atomic mass is 9.84. The summed E-state index contributed by atoms with van der Waals surface area (Å²) in [6.45, 7) is 3.01. The average molecular weight is 431 g/mol. The van der Waals surface area contributed by atoms with Crippen molar-refractivity contribution in [3.05, 3.63) is 29.5 Å². The Morgan fingerprint density at radius 1 is 1.32 bits per heavy atom. The Morgan fingerprint density at radius 2 is 2.06 bits per heavy atom. The predicted molar refractivity (Wildman–Crippen MR) is 115 cm³/mol. The topological polar surface area (TPSA) is 125 Å². The van der Waals surface area contributed by atoms with Gasteiger partial charge in [0.05, 0.1) is 12.6 Å². The number of hydrogen-bond donors (Lipinski definition) is 3. The van der Waals surface area contributed by atoms with Crippen molar-refractivity contribution in [2.75, 3.05) is 26.7 Å². The van der Waals surface area contributed by atoms with Crippen LogP contribution in [0.15, 0.2) is 18.2 Å². The third-order valence-electron chi connectivity index (χ3n) is 6.14. The van der Waals surface area contributed by atoms with Crippen molar-refractivity contribution in [2.45, 2.75) is 44.6 Å². The third kappa shape index (κ3) is 5.81. The number of aromatic amines is 1. The van der Waals surface area contributed by atoms with Gasteiger partial charge < -0.3 is 20.1 Å². The first-order chi connectivity index (χ1) is 15.0. The molecule has 1 amide bonds. The van der Waals surface area contributed by atoms with Crippen LogP contribution in [0.4, 0.5) is 0 Å². The number of amides is 1. The normalized spacial score (nSPS) is 21.8. The number of ether oxygens (including phenoxy) is 1. The monoisotopic (exact) mass is 430 g/mol. The van der Waals surface area contributed by atoms with Crippen molar-refractivity contribution in [1.29, 1.82) is 0 Å². The van der Waals surface area contributed by atoms with Crippen molar-refractivity contribution in [2.24, 2.45) is 5.92 Å². The van der Waals surface area contributed by atoms with Crippen LogP contribution in [-0.4, -0.2) is 71.3 Å². The highest BCUT2D eigenvalue weighted by molar-refractivity contribution is 6.04. The molecule has 2 bridgehead atoms. The number of carboxylic acid groups (broad SMARTS) is 1. The first-order valence-electron chi connectivity index (χ1n) is 10.7. The number of hydrogen-bond acceptors (Lipinski definition) is 6. The van der Waals surface area contributed by atoms with Gasteiger partial charge in [-0.3, -0.25) is 19.5 Å². The number of nitrogens with one attached hydrogen (secondary N) is 2. The Hall–Kier alpha value is -2.94. The smallest absolute Gasteiger partial charge is 0.305 e. The van der Waals surface area contributed by atoms with Gasteiger partial charge in [0.2, 0.25) is 0 Å². The van der Waals surface area contributed by atoms with Crippen molar-refractivity contribution in [1.82, 2.24) is 20.4 Å². The van der Waals surface area contributed by atoms with E-state index >= 15 is 0 Å². The molecule has 0 spiro atoms. The van der Waals surface area contributed by atoms with Crippen LogP contribution in [0.1, 0.15) is 48.2 Å². The fourth-order valence-electron chi connectivity index (χ4n) is 4.46. The van der Waals surface area contributed by atoms with Gasteiger partial charge in [-0.2, -0.15) is 5.10 Å². The molecule has 9 heteroatoms. The summed E-state index contributed by atoms with van der Waals surface area (Å²) in [6.07, 6.45) is 5.34. The molecule has 0 saturated carbocycles. The van der Waals surface area contributed by atoms with Crippen LogP contribution in [0.5, 0.6) is 0 Å². The van der Waals surface area contributed by atoms with E-state index < -0.39 is 0 Å². The number of H-pyrrole nitrogens is 1. The number of rotatable bonds is 7. The highest BCUT2D eigenvalue weighted by Crippen LogP contribution is 2.28. The minimum atomic E-state index is -0.250. The van der Waals surface area contributed by atoms with Crippen LogP contribution in [0.2, 0.25) is 0 Å². The molecule has 0 radical (unpaired) electrons. The fraction of sp³-hybridized carbons (Fsp3) is 0.545. The molecule has 3 saturated heterocycles. The van der Waals surface area contributed by atoms with Crippen molar-refractivity contribution in [3.63, 3.8) is 0 Å². The number of esters is 1. The lowest BCUT2D eigenvalue weighted by molar-refractivity contribution is -0.140. The van der Waals surface area contributed by atoms with E-state index in [1.165, 1.54) is 20.0 Å². The molecule has 4 heterocycles. The number of benzene rings is 1. The van der Waals surface area contributed by atoms with Gasteiger partial charge in [-0.25, -0.2) is 0 Å². The molecule has 31 heavy (non-hydrogen) atoms. The van der Waals surface area contributed by atoms with Crippen molar-refractivity contribution < 1.29 is 24.2 Å². The van der Waals surface area contributed by atoms with Gasteiger partial charge in [0.25, 0.3) is 12.4 Å². The van der Waals surface area contributed by atoms with Gasteiger partial charge in [0.15, 0.2) is 5.69 Å². The third-order valence-corrected chi connectivity index (χ3v) is 6.14.